The van der Waals surface area contributed by atoms with Crippen molar-refractivity contribution < 1.29 is 9.47 Å². The van der Waals surface area contributed by atoms with Crippen LogP contribution in [0.25, 0.3) is 0 Å². The monoisotopic (exact) mass is 241 g/mol. The van der Waals surface area contributed by atoms with Crippen LogP contribution in [-0.4, -0.2) is 38.5 Å². The Labute approximate surface area is 106 Å². The Kier molecular flexibility index (Phi) is 6.17. The Morgan fingerprint density at radius 1 is 1.41 bits per heavy atom. The zero-order valence-corrected chi connectivity index (χ0v) is 11.7. The summed E-state index contributed by atoms with van der Waals surface area (Å²) < 4.78 is 11.3. The van der Waals surface area contributed by atoms with Crippen molar-refractivity contribution in [3.63, 3.8) is 0 Å². The van der Waals surface area contributed by atoms with E-state index in [0.717, 1.165) is 39.0 Å². The fraction of sp³-hybridized carbons (Fsp3) is 0.857. The van der Waals surface area contributed by atoms with Crippen LogP contribution in [0.5, 0.6) is 0 Å². The molecule has 1 aliphatic rings. The Morgan fingerprint density at radius 3 is 2.53 bits per heavy atom. The first kappa shape index (κ1) is 14.7. The van der Waals surface area contributed by atoms with Crippen LogP contribution in [0.4, 0.5) is 0 Å². The van der Waals surface area contributed by atoms with E-state index in [0.29, 0.717) is 6.04 Å². The highest BCUT2D eigenvalue weighted by Crippen LogP contribution is 2.29. The van der Waals surface area contributed by atoms with E-state index >= 15 is 0 Å². The van der Waals surface area contributed by atoms with Crippen LogP contribution >= 0.6 is 0 Å². The highest BCUT2D eigenvalue weighted by Gasteiger charge is 2.39. The van der Waals surface area contributed by atoms with E-state index in [2.05, 4.69) is 32.2 Å². The van der Waals surface area contributed by atoms with Crippen LogP contribution in [-0.2, 0) is 9.47 Å². The smallest absolute Gasteiger partial charge is 0.0910 e. The third-order valence-corrected chi connectivity index (χ3v) is 3.43. The molecular weight excluding hydrogens is 214 g/mol. The number of rotatable bonds is 6. The summed E-state index contributed by atoms with van der Waals surface area (Å²) in [7, 11) is 1.82. The molecule has 17 heavy (non-hydrogen) atoms. The Hall–Kier alpha value is -0.380. The minimum absolute atomic E-state index is 0.0926. The maximum atomic E-state index is 5.85. The fourth-order valence-corrected chi connectivity index (χ4v) is 2.39. The van der Waals surface area contributed by atoms with Gasteiger partial charge in [0.05, 0.1) is 11.6 Å². The highest BCUT2D eigenvalue weighted by molar-refractivity contribution is 5.10. The standard InChI is InChI=1S/C14H27NO2/c1-5-8-15-13(11-12(2)3)14(16-4)6-9-17-10-7-14/h11,13,15H,5-10H2,1-4H3. The van der Waals surface area contributed by atoms with E-state index in [-0.39, 0.29) is 5.60 Å². The van der Waals surface area contributed by atoms with Gasteiger partial charge in [0.15, 0.2) is 0 Å². The zero-order chi connectivity index (χ0) is 12.7. The number of hydrogen-bond donors (Lipinski definition) is 1. The molecule has 1 atom stereocenters. The van der Waals surface area contributed by atoms with E-state index < -0.39 is 0 Å². The van der Waals surface area contributed by atoms with E-state index in [1.807, 2.05) is 7.11 Å². The summed E-state index contributed by atoms with van der Waals surface area (Å²) >= 11 is 0. The SMILES string of the molecule is CCCNC(C=C(C)C)C1(OC)CCOCC1. The summed E-state index contributed by atoms with van der Waals surface area (Å²) in [5.41, 5.74) is 1.24. The fourth-order valence-electron chi connectivity index (χ4n) is 2.39. The molecule has 0 radical (unpaired) electrons. The number of nitrogens with one attached hydrogen (secondary N) is 1. The molecule has 0 aromatic carbocycles. The third-order valence-electron chi connectivity index (χ3n) is 3.43. The van der Waals surface area contributed by atoms with Crippen molar-refractivity contribution in [1.82, 2.24) is 5.32 Å². The summed E-state index contributed by atoms with van der Waals surface area (Å²) in [6, 6.07) is 0.293. The van der Waals surface area contributed by atoms with Gasteiger partial charge in [0.25, 0.3) is 0 Å². The van der Waals surface area contributed by atoms with Crippen LogP contribution in [0, 0.1) is 0 Å². The Morgan fingerprint density at radius 2 is 2.06 bits per heavy atom. The molecule has 0 aromatic rings. The third kappa shape index (κ3) is 4.09. The van der Waals surface area contributed by atoms with Gasteiger partial charge in [-0.25, -0.2) is 0 Å². The van der Waals surface area contributed by atoms with Crippen molar-refractivity contribution in [2.45, 2.75) is 51.7 Å². The lowest BCUT2D eigenvalue weighted by atomic mass is 9.85. The molecule has 0 aliphatic carbocycles. The summed E-state index contributed by atoms with van der Waals surface area (Å²) in [6.45, 7) is 9.10. The lowest BCUT2D eigenvalue weighted by molar-refractivity contribution is -0.102. The summed E-state index contributed by atoms with van der Waals surface area (Å²) in [5.74, 6) is 0. The summed E-state index contributed by atoms with van der Waals surface area (Å²) in [5, 5.41) is 3.61. The number of methoxy groups -OCH3 is 1. The molecule has 1 fully saturated rings. The topological polar surface area (TPSA) is 30.5 Å². The van der Waals surface area contributed by atoms with Crippen molar-refractivity contribution in [3.05, 3.63) is 11.6 Å². The van der Waals surface area contributed by atoms with E-state index in [1.54, 1.807) is 0 Å². The van der Waals surface area contributed by atoms with Gasteiger partial charge < -0.3 is 14.8 Å². The largest absolute Gasteiger partial charge is 0.381 e. The maximum absolute atomic E-state index is 5.85. The van der Waals surface area contributed by atoms with Crippen LogP contribution in [0.3, 0.4) is 0 Å². The van der Waals surface area contributed by atoms with Crippen molar-refractivity contribution in [3.8, 4) is 0 Å². The van der Waals surface area contributed by atoms with E-state index in [1.165, 1.54) is 5.57 Å². The molecule has 3 nitrogen and oxygen atoms in total. The number of allylic oxidation sites excluding steroid dienone is 1. The van der Waals surface area contributed by atoms with Gasteiger partial charge in [-0.1, -0.05) is 18.6 Å². The molecule has 1 unspecified atom stereocenters. The second kappa shape index (κ2) is 7.14. The van der Waals surface area contributed by atoms with Gasteiger partial charge in [0.1, 0.15) is 0 Å². The summed E-state index contributed by atoms with van der Waals surface area (Å²) in [4.78, 5) is 0. The van der Waals surface area contributed by atoms with Gasteiger partial charge in [0, 0.05) is 33.2 Å². The molecule has 100 valence electrons. The molecule has 0 amide bonds. The molecule has 1 rings (SSSR count). The van der Waals surface area contributed by atoms with Crippen molar-refractivity contribution >= 4 is 0 Å². The molecule has 1 saturated heterocycles. The molecule has 3 heteroatoms. The lowest BCUT2D eigenvalue weighted by Crippen LogP contribution is -2.54. The minimum atomic E-state index is -0.0926. The van der Waals surface area contributed by atoms with E-state index in [4.69, 9.17) is 9.47 Å². The van der Waals surface area contributed by atoms with Crippen LogP contribution in [0.2, 0.25) is 0 Å². The lowest BCUT2D eigenvalue weighted by Gasteiger charge is -2.41. The molecule has 1 aliphatic heterocycles. The quantitative estimate of drug-likeness (QED) is 0.725. The molecule has 0 bridgehead atoms. The molecule has 1 N–H and O–H groups in total. The van der Waals surface area contributed by atoms with Gasteiger partial charge in [-0.2, -0.15) is 0 Å². The molecule has 0 spiro atoms. The molecule has 0 aromatic heterocycles. The Balaban J connectivity index is 2.79. The van der Waals surface area contributed by atoms with E-state index in [9.17, 15) is 0 Å². The van der Waals surface area contributed by atoms with Crippen molar-refractivity contribution in [2.75, 3.05) is 26.9 Å². The predicted molar refractivity (Wildman–Crippen MR) is 71.3 cm³/mol. The maximum Gasteiger partial charge on any atom is 0.0910 e. The van der Waals surface area contributed by atoms with Crippen LogP contribution in [0.15, 0.2) is 11.6 Å². The van der Waals surface area contributed by atoms with Crippen LogP contribution < -0.4 is 5.32 Å². The van der Waals surface area contributed by atoms with Crippen molar-refractivity contribution in [1.29, 1.82) is 0 Å². The number of ether oxygens (including phenoxy) is 2. The predicted octanol–water partition coefficient (Wildman–Crippen LogP) is 2.52. The van der Waals surface area contributed by atoms with Gasteiger partial charge in [-0.15, -0.1) is 0 Å². The highest BCUT2D eigenvalue weighted by atomic mass is 16.5. The first-order valence-corrected chi connectivity index (χ1v) is 6.66. The van der Waals surface area contributed by atoms with Gasteiger partial charge in [0.2, 0.25) is 0 Å². The second-order valence-corrected chi connectivity index (χ2v) is 5.06. The first-order valence-electron chi connectivity index (χ1n) is 6.66. The summed E-state index contributed by atoms with van der Waals surface area (Å²) in [6.07, 6.45) is 5.37. The average molecular weight is 241 g/mol. The van der Waals surface area contributed by atoms with Crippen LogP contribution in [0.1, 0.15) is 40.0 Å². The molecular formula is C14H27NO2. The second-order valence-electron chi connectivity index (χ2n) is 5.06. The van der Waals surface area contributed by atoms with Gasteiger partial charge in [-0.05, 0) is 26.8 Å². The Bertz CT molecular complexity index is 241. The van der Waals surface area contributed by atoms with Gasteiger partial charge in [-0.3, -0.25) is 0 Å². The first-order chi connectivity index (χ1) is 8.14. The average Bonchev–Trinajstić information content (AvgIpc) is 2.35. The molecule has 0 saturated carbocycles. The van der Waals surface area contributed by atoms with Gasteiger partial charge >= 0.3 is 0 Å². The normalized spacial score (nSPS) is 20.9. The number of hydrogen-bond acceptors (Lipinski definition) is 3. The zero-order valence-electron chi connectivity index (χ0n) is 11.7. The molecule has 1 heterocycles. The minimum Gasteiger partial charge on any atom is -0.381 e. The van der Waals surface area contributed by atoms with Crippen molar-refractivity contribution in [2.24, 2.45) is 0 Å².